The van der Waals surface area contributed by atoms with Crippen molar-refractivity contribution in [3.05, 3.63) is 64.4 Å². The van der Waals surface area contributed by atoms with Crippen molar-refractivity contribution in [3.63, 3.8) is 0 Å². The second kappa shape index (κ2) is 6.07. The topological polar surface area (TPSA) is 12.0 Å². The van der Waals surface area contributed by atoms with Crippen LogP contribution in [-0.4, -0.2) is 0 Å². The van der Waals surface area contributed by atoms with Gasteiger partial charge < -0.3 is 5.32 Å². The molecule has 0 bridgehead atoms. The summed E-state index contributed by atoms with van der Waals surface area (Å²) < 4.78 is 13.0. The van der Waals surface area contributed by atoms with Crippen molar-refractivity contribution in [3.8, 4) is 0 Å². The standard InChI is InChI=1S/C16H17ClFN/c1-3-15(12-4-7-14(18)8-5-12)19-16-9-6-13(17)10-11(16)2/h4-10,15,19H,3H2,1-2H3. The molecule has 1 N–H and O–H groups in total. The zero-order valence-corrected chi connectivity index (χ0v) is 11.8. The molecule has 1 nitrogen and oxygen atoms in total. The van der Waals surface area contributed by atoms with Gasteiger partial charge in [-0.15, -0.1) is 0 Å². The van der Waals surface area contributed by atoms with Gasteiger partial charge in [0.25, 0.3) is 0 Å². The minimum Gasteiger partial charge on any atom is -0.378 e. The Morgan fingerprint density at radius 2 is 1.84 bits per heavy atom. The van der Waals surface area contributed by atoms with E-state index in [1.54, 1.807) is 0 Å². The molecule has 0 saturated heterocycles. The Kier molecular flexibility index (Phi) is 4.43. The highest BCUT2D eigenvalue weighted by Crippen LogP contribution is 2.26. The van der Waals surface area contributed by atoms with Crippen molar-refractivity contribution in [2.24, 2.45) is 0 Å². The number of aryl methyl sites for hydroxylation is 1. The van der Waals surface area contributed by atoms with Gasteiger partial charge in [0.2, 0.25) is 0 Å². The summed E-state index contributed by atoms with van der Waals surface area (Å²) in [6.07, 6.45) is 0.924. The highest BCUT2D eigenvalue weighted by atomic mass is 35.5. The summed E-state index contributed by atoms with van der Waals surface area (Å²) in [6.45, 7) is 4.12. The van der Waals surface area contributed by atoms with Crippen LogP contribution in [0.25, 0.3) is 0 Å². The fourth-order valence-corrected chi connectivity index (χ4v) is 2.32. The summed E-state index contributed by atoms with van der Waals surface area (Å²) >= 11 is 5.95. The number of nitrogens with one attached hydrogen (secondary N) is 1. The molecule has 2 aromatic rings. The molecule has 0 heterocycles. The van der Waals surface area contributed by atoms with Crippen molar-refractivity contribution in [2.45, 2.75) is 26.3 Å². The monoisotopic (exact) mass is 277 g/mol. The third-order valence-electron chi connectivity index (χ3n) is 3.20. The van der Waals surface area contributed by atoms with Crippen LogP contribution in [0.4, 0.5) is 10.1 Å². The third kappa shape index (κ3) is 3.48. The number of halogens is 2. The minimum absolute atomic E-state index is 0.167. The lowest BCUT2D eigenvalue weighted by Crippen LogP contribution is -2.10. The molecule has 0 amide bonds. The van der Waals surface area contributed by atoms with Crippen molar-refractivity contribution in [1.29, 1.82) is 0 Å². The predicted octanol–water partition coefficient (Wildman–Crippen LogP) is 5.35. The van der Waals surface area contributed by atoms with E-state index in [0.29, 0.717) is 0 Å². The molecule has 2 rings (SSSR count). The highest BCUT2D eigenvalue weighted by molar-refractivity contribution is 6.30. The van der Waals surface area contributed by atoms with E-state index in [1.165, 1.54) is 12.1 Å². The molecule has 100 valence electrons. The van der Waals surface area contributed by atoms with Crippen LogP contribution in [0.15, 0.2) is 42.5 Å². The van der Waals surface area contributed by atoms with Gasteiger partial charge in [0.05, 0.1) is 6.04 Å². The fourth-order valence-electron chi connectivity index (χ4n) is 2.09. The predicted molar refractivity (Wildman–Crippen MR) is 79.2 cm³/mol. The van der Waals surface area contributed by atoms with Gasteiger partial charge in [-0.25, -0.2) is 4.39 Å². The molecule has 0 fully saturated rings. The van der Waals surface area contributed by atoms with E-state index in [1.807, 2.05) is 37.3 Å². The minimum atomic E-state index is -0.207. The van der Waals surface area contributed by atoms with Gasteiger partial charge in [0, 0.05) is 10.7 Å². The Bertz CT molecular complexity index is 551. The molecule has 0 saturated carbocycles. The number of anilines is 1. The number of benzene rings is 2. The van der Waals surface area contributed by atoms with Gasteiger partial charge in [0.15, 0.2) is 0 Å². The van der Waals surface area contributed by atoms with Crippen LogP contribution < -0.4 is 5.32 Å². The van der Waals surface area contributed by atoms with E-state index < -0.39 is 0 Å². The molecule has 0 aliphatic rings. The van der Waals surface area contributed by atoms with Crippen LogP contribution in [0, 0.1) is 12.7 Å². The lowest BCUT2D eigenvalue weighted by Gasteiger charge is -2.20. The summed E-state index contributed by atoms with van der Waals surface area (Å²) in [7, 11) is 0. The molecule has 1 unspecified atom stereocenters. The van der Waals surface area contributed by atoms with E-state index in [2.05, 4.69) is 12.2 Å². The summed E-state index contributed by atoms with van der Waals surface area (Å²) in [6, 6.07) is 12.6. The largest absolute Gasteiger partial charge is 0.378 e. The lowest BCUT2D eigenvalue weighted by molar-refractivity contribution is 0.625. The first kappa shape index (κ1) is 13.9. The summed E-state index contributed by atoms with van der Waals surface area (Å²) in [5.41, 5.74) is 3.24. The van der Waals surface area contributed by atoms with E-state index in [0.717, 1.165) is 28.3 Å². The molecule has 1 atom stereocenters. The van der Waals surface area contributed by atoms with Crippen LogP contribution in [0.3, 0.4) is 0 Å². The molecule has 2 aromatic carbocycles. The van der Waals surface area contributed by atoms with Crippen LogP contribution in [0.2, 0.25) is 5.02 Å². The van der Waals surface area contributed by atoms with Gasteiger partial charge in [-0.3, -0.25) is 0 Å². The Balaban J connectivity index is 2.21. The molecule has 0 radical (unpaired) electrons. The molecule has 0 aromatic heterocycles. The Morgan fingerprint density at radius 3 is 2.42 bits per heavy atom. The van der Waals surface area contributed by atoms with Crippen molar-refractivity contribution < 1.29 is 4.39 Å². The fraction of sp³-hybridized carbons (Fsp3) is 0.250. The molecule has 19 heavy (non-hydrogen) atoms. The lowest BCUT2D eigenvalue weighted by atomic mass is 10.0. The first-order chi connectivity index (χ1) is 9.10. The zero-order valence-electron chi connectivity index (χ0n) is 11.1. The molecule has 0 aliphatic heterocycles. The Labute approximate surface area is 118 Å². The molecule has 0 aliphatic carbocycles. The van der Waals surface area contributed by atoms with Gasteiger partial charge >= 0.3 is 0 Å². The smallest absolute Gasteiger partial charge is 0.123 e. The quantitative estimate of drug-likeness (QED) is 0.794. The number of hydrogen-bond donors (Lipinski definition) is 1. The van der Waals surface area contributed by atoms with Crippen molar-refractivity contribution in [1.82, 2.24) is 0 Å². The van der Waals surface area contributed by atoms with E-state index in [-0.39, 0.29) is 11.9 Å². The summed E-state index contributed by atoms with van der Waals surface area (Å²) in [4.78, 5) is 0. The molecule has 0 spiro atoms. The summed E-state index contributed by atoms with van der Waals surface area (Å²) in [5, 5.41) is 4.21. The SMILES string of the molecule is CCC(Nc1ccc(Cl)cc1C)c1ccc(F)cc1. The van der Waals surface area contributed by atoms with E-state index in [9.17, 15) is 4.39 Å². The highest BCUT2D eigenvalue weighted by Gasteiger charge is 2.10. The molecular formula is C16H17ClFN. The van der Waals surface area contributed by atoms with Gasteiger partial charge in [-0.2, -0.15) is 0 Å². The van der Waals surface area contributed by atoms with Gasteiger partial charge in [-0.05, 0) is 54.8 Å². The summed E-state index contributed by atoms with van der Waals surface area (Å²) in [5.74, 6) is -0.207. The van der Waals surface area contributed by atoms with Gasteiger partial charge in [-0.1, -0.05) is 30.7 Å². The van der Waals surface area contributed by atoms with E-state index >= 15 is 0 Å². The normalized spacial score (nSPS) is 12.2. The van der Waals surface area contributed by atoms with Gasteiger partial charge in [0.1, 0.15) is 5.82 Å². The second-order valence-corrected chi connectivity index (χ2v) is 5.05. The number of hydrogen-bond acceptors (Lipinski definition) is 1. The number of rotatable bonds is 4. The second-order valence-electron chi connectivity index (χ2n) is 4.62. The van der Waals surface area contributed by atoms with E-state index in [4.69, 9.17) is 11.6 Å². The third-order valence-corrected chi connectivity index (χ3v) is 3.43. The first-order valence-electron chi connectivity index (χ1n) is 6.38. The van der Waals surface area contributed by atoms with Crippen molar-refractivity contribution >= 4 is 17.3 Å². The van der Waals surface area contributed by atoms with Crippen molar-refractivity contribution in [2.75, 3.05) is 5.32 Å². The van der Waals surface area contributed by atoms with Crippen LogP contribution >= 0.6 is 11.6 Å². The zero-order chi connectivity index (χ0) is 13.8. The molecule has 3 heteroatoms. The first-order valence-corrected chi connectivity index (χ1v) is 6.76. The van der Waals surface area contributed by atoms with Crippen LogP contribution in [-0.2, 0) is 0 Å². The maximum Gasteiger partial charge on any atom is 0.123 e. The maximum atomic E-state index is 13.0. The average molecular weight is 278 g/mol. The maximum absolute atomic E-state index is 13.0. The average Bonchev–Trinajstić information content (AvgIpc) is 2.39. The van der Waals surface area contributed by atoms with Crippen LogP contribution in [0.1, 0.15) is 30.5 Å². The Hall–Kier alpha value is -1.54. The molecular weight excluding hydrogens is 261 g/mol. The Morgan fingerprint density at radius 1 is 1.16 bits per heavy atom. The van der Waals surface area contributed by atoms with Crippen LogP contribution in [0.5, 0.6) is 0 Å².